The summed E-state index contributed by atoms with van der Waals surface area (Å²) in [4.78, 5) is 0. The van der Waals surface area contributed by atoms with Gasteiger partial charge in [0.25, 0.3) is 0 Å². The fourth-order valence-corrected chi connectivity index (χ4v) is 2.16. The van der Waals surface area contributed by atoms with Crippen molar-refractivity contribution >= 4 is 22.6 Å². The van der Waals surface area contributed by atoms with Gasteiger partial charge in [-0.25, -0.2) is 0 Å². The van der Waals surface area contributed by atoms with Crippen molar-refractivity contribution in [3.05, 3.63) is 33.4 Å². The number of nitrogens with one attached hydrogen (secondary N) is 1. The monoisotopic (exact) mass is 287 g/mol. The minimum absolute atomic E-state index is 0.332. The highest BCUT2D eigenvalue weighted by Crippen LogP contribution is 2.45. The molecular formula is C11H14IN. The van der Waals surface area contributed by atoms with Gasteiger partial charge >= 0.3 is 0 Å². The van der Waals surface area contributed by atoms with E-state index >= 15 is 0 Å². The van der Waals surface area contributed by atoms with Crippen molar-refractivity contribution in [3.8, 4) is 0 Å². The molecule has 0 spiro atoms. The van der Waals surface area contributed by atoms with Crippen LogP contribution in [0.2, 0.25) is 0 Å². The van der Waals surface area contributed by atoms with Crippen molar-refractivity contribution in [1.29, 1.82) is 0 Å². The summed E-state index contributed by atoms with van der Waals surface area (Å²) in [6.45, 7) is 3.23. The maximum Gasteiger partial charge on any atom is 0.0436 e. The lowest BCUT2D eigenvalue weighted by Gasteiger charge is -2.16. The molecule has 0 saturated heterocycles. The third-order valence-electron chi connectivity index (χ3n) is 2.66. The molecular weight excluding hydrogens is 273 g/mol. The molecule has 1 nitrogen and oxygen atoms in total. The SMILES string of the molecule is CCNC1(c2ccc(I)cc2)CC1. The highest BCUT2D eigenvalue weighted by atomic mass is 127. The van der Waals surface area contributed by atoms with Crippen molar-refractivity contribution in [3.63, 3.8) is 0 Å². The van der Waals surface area contributed by atoms with Crippen molar-refractivity contribution in [2.24, 2.45) is 0 Å². The van der Waals surface area contributed by atoms with E-state index in [1.54, 1.807) is 0 Å². The van der Waals surface area contributed by atoms with Crippen molar-refractivity contribution < 1.29 is 0 Å². The average molecular weight is 287 g/mol. The Kier molecular flexibility index (Phi) is 2.60. The second kappa shape index (κ2) is 3.58. The second-order valence-corrected chi connectivity index (χ2v) is 4.86. The molecule has 0 aromatic heterocycles. The Hall–Kier alpha value is -0.0900. The predicted octanol–water partition coefficient (Wildman–Crippen LogP) is 2.89. The number of hydrogen-bond acceptors (Lipinski definition) is 1. The minimum Gasteiger partial charge on any atom is -0.308 e. The lowest BCUT2D eigenvalue weighted by Crippen LogP contribution is -2.28. The van der Waals surface area contributed by atoms with Gasteiger partial charge in [-0.15, -0.1) is 0 Å². The summed E-state index contributed by atoms with van der Waals surface area (Å²) in [6.07, 6.45) is 2.59. The first kappa shape index (κ1) is 9.46. The zero-order chi connectivity index (χ0) is 9.31. The highest BCUT2D eigenvalue weighted by molar-refractivity contribution is 14.1. The van der Waals surface area contributed by atoms with Crippen LogP contribution < -0.4 is 5.32 Å². The zero-order valence-corrected chi connectivity index (χ0v) is 9.97. The van der Waals surface area contributed by atoms with E-state index in [1.807, 2.05) is 0 Å². The molecule has 0 unspecified atom stereocenters. The average Bonchev–Trinajstić information content (AvgIpc) is 2.87. The molecule has 0 atom stereocenters. The van der Waals surface area contributed by atoms with Gasteiger partial charge in [0.2, 0.25) is 0 Å². The molecule has 0 amide bonds. The van der Waals surface area contributed by atoms with Crippen LogP contribution in [0.4, 0.5) is 0 Å². The molecule has 1 fully saturated rings. The molecule has 1 aliphatic carbocycles. The van der Waals surface area contributed by atoms with E-state index in [0.29, 0.717) is 5.54 Å². The first-order valence-corrected chi connectivity index (χ1v) is 5.86. The minimum atomic E-state index is 0.332. The van der Waals surface area contributed by atoms with Gasteiger partial charge in [-0.2, -0.15) is 0 Å². The van der Waals surface area contributed by atoms with Crippen molar-refractivity contribution in [1.82, 2.24) is 5.32 Å². The Morgan fingerprint density at radius 1 is 1.31 bits per heavy atom. The largest absolute Gasteiger partial charge is 0.308 e. The molecule has 0 aliphatic heterocycles. The van der Waals surface area contributed by atoms with E-state index in [1.165, 1.54) is 22.0 Å². The van der Waals surface area contributed by atoms with Crippen LogP contribution in [0.3, 0.4) is 0 Å². The predicted molar refractivity (Wildman–Crippen MR) is 63.7 cm³/mol. The fourth-order valence-electron chi connectivity index (χ4n) is 1.80. The van der Waals surface area contributed by atoms with Gasteiger partial charge < -0.3 is 5.32 Å². The molecule has 1 saturated carbocycles. The number of hydrogen-bond donors (Lipinski definition) is 1. The molecule has 2 rings (SSSR count). The topological polar surface area (TPSA) is 12.0 Å². The van der Waals surface area contributed by atoms with Crippen LogP contribution in [0.25, 0.3) is 0 Å². The lowest BCUT2D eigenvalue weighted by molar-refractivity contribution is 0.539. The summed E-state index contributed by atoms with van der Waals surface area (Å²) in [6, 6.07) is 8.87. The first-order chi connectivity index (χ1) is 6.27. The number of rotatable bonds is 3. The molecule has 0 bridgehead atoms. The van der Waals surface area contributed by atoms with E-state index < -0.39 is 0 Å². The van der Waals surface area contributed by atoms with Crippen LogP contribution in [0.1, 0.15) is 25.3 Å². The summed E-state index contributed by atoms with van der Waals surface area (Å²) >= 11 is 2.35. The van der Waals surface area contributed by atoms with Gasteiger partial charge in [-0.05, 0) is 59.7 Å². The smallest absolute Gasteiger partial charge is 0.0436 e. The van der Waals surface area contributed by atoms with Crippen LogP contribution in [0, 0.1) is 3.57 Å². The van der Waals surface area contributed by atoms with Crippen molar-refractivity contribution in [2.45, 2.75) is 25.3 Å². The fraction of sp³-hybridized carbons (Fsp3) is 0.455. The highest BCUT2D eigenvalue weighted by Gasteiger charge is 2.43. The maximum atomic E-state index is 3.57. The maximum absolute atomic E-state index is 3.57. The van der Waals surface area contributed by atoms with Crippen LogP contribution in [0.5, 0.6) is 0 Å². The number of benzene rings is 1. The molecule has 70 valence electrons. The molecule has 0 radical (unpaired) electrons. The zero-order valence-electron chi connectivity index (χ0n) is 7.81. The van der Waals surface area contributed by atoms with E-state index in [2.05, 4.69) is 59.1 Å². The van der Waals surface area contributed by atoms with Gasteiger partial charge in [0.1, 0.15) is 0 Å². The molecule has 1 aliphatic rings. The standard InChI is InChI=1S/C11H14IN/c1-2-13-11(7-8-11)9-3-5-10(12)6-4-9/h3-6,13H,2,7-8H2,1H3. The molecule has 1 N–H and O–H groups in total. The second-order valence-electron chi connectivity index (χ2n) is 3.62. The third kappa shape index (κ3) is 1.89. The van der Waals surface area contributed by atoms with Gasteiger partial charge in [0.05, 0.1) is 0 Å². The lowest BCUT2D eigenvalue weighted by atomic mass is 10.1. The first-order valence-electron chi connectivity index (χ1n) is 4.78. The summed E-state index contributed by atoms with van der Waals surface area (Å²) in [5.74, 6) is 0. The van der Waals surface area contributed by atoms with Gasteiger partial charge in [0.15, 0.2) is 0 Å². The van der Waals surface area contributed by atoms with E-state index in [9.17, 15) is 0 Å². The van der Waals surface area contributed by atoms with Crippen LogP contribution >= 0.6 is 22.6 Å². The summed E-state index contributed by atoms with van der Waals surface area (Å²) in [5, 5.41) is 3.57. The van der Waals surface area contributed by atoms with Crippen molar-refractivity contribution in [2.75, 3.05) is 6.54 Å². The Bertz CT molecular complexity index is 287. The van der Waals surface area contributed by atoms with E-state index in [4.69, 9.17) is 0 Å². The molecule has 13 heavy (non-hydrogen) atoms. The Morgan fingerprint density at radius 2 is 1.92 bits per heavy atom. The number of halogens is 1. The van der Waals surface area contributed by atoms with Crippen LogP contribution in [-0.4, -0.2) is 6.54 Å². The van der Waals surface area contributed by atoms with Gasteiger partial charge in [-0.1, -0.05) is 19.1 Å². The third-order valence-corrected chi connectivity index (χ3v) is 3.38. The Morgan fingerprint density at radius 3 is 2.38 bits per heavy atom. The van der Waals surface area contributed by atoms with Gasteiger partial charge in [-0.3, -0.25) is 0 Å². The molecule has 0 heterocycles. The van der Waals surface area contributed by atoms with Crippen LogP contribution in [-0.2, 0) is 5.54 Å². The molecule has 1 aromatic carbocycles. The van der Waals surface area contributed by atoms with E-state index in [-0.39, 0.29) is 0 Å². The summed E-state index contributed by atoms with van der Waals surface area (Å²) in [7, 11) is 0. The molecule has 1 aromatic rings. The van der Waals surface area contributed by atoms with Crippen LogP contribution in [0.15, 0.2) is 24.3 Å². The summed E-state index contributed by atoms with van der Waals surface area (Å²) < 4.78 is 1.31. The van der Waals surface area contributed by atoms with E-state index in [0.717, 1.165) is 6.54 Å². The van der Waals surface area contributed by atoms with Gasteiger partial charge in [0, 0.05) is 9.11 Å². The normalized spacial score (nSPS) is 18.6. The summed E-state index contributed by atoms with van der Waals surface area (Å²) in [5.41, 5.74) is 1.79. The Labute approximate surface area is 93.1 Å². The quantitative estimate of drug-likeness (QED) is 0.843. The Balaban J connectivity index is 2.20. The molecule has 2 heteroatoms.